The standard InChI is InChI=1S/C22H20ClFN4O2/c23-16-2-4-21-25-19(14-28(21)13-16)18-11-15-1-3-17(12-20(15)30-22(18)29)27-9-7-26(6-5-24)8-10-27/h1-4,11-14H,5-10H2. The van der Waals surface area contributed by atoms with Crippen molar-refractivity contribution in [2.75, 3.05) is 44.3 Å². The van der Waals surface area contributed by atoms with E-state index in [0.29, 0.717) is 34.1 Å². The maximum absolute atomic E-state index is 12.7. The van der Waals surface area contributed by atoms with Crippen molar-refractivity contribution in [2.24, 2.45) is 0 Å². The molecule has 0 N–H and O–H groups in total. The number of fused-ring (bicyclic) bond motifs is 2. The minimum absolute atomic E-state index is 0.317. The number of pyridine rings is 1. The van der Waals surface area contributed by atoms with Crippen molar-refractivity contribution < 1.29 is 8.81 Å². The Bertz CT molecular complexity index is 1280. The van der Waals surface area contributed by atoms with Crippen LogP contribution < -0.4 is 10.5 Å². The van der Waals surface area contributed by atoms with Gasteiger partial charge in [0.15, 0.2) is 0 Å². The van der Waals surface area contributed by atoms with Crippen LogP contribution in [0.15, 0.2) is 58.0 Å². The lowest BCUT2D eigenvalue weighted by atomic mass is 10.1. The number of hydrogen-bond donors (Lipinski definition) is 0. The van der Waals surface area contributed by atoms with Crippen molar-refractivity contribution in [3.8, 4) is 11.3 Å². The van der Waals surface area contributed by atoms with Gasteiger partial charge in [-0.15, -0.1) is 0 Å². The Morgan fingerprint density at radius 2 is 1.90 bits per heavy atom. The Kier molecular flexibility index (Phi) is 4.92. The van der Waals surface area contributed by atoms with Crippen molar-refractivity contribution >= 4 is 33.9 Å². The van der Waals surface area contributed by atoms with Gasteiger partial charge in [0.25, 0.3) is 0 Å². The van der Waals surface area contributed by atoms with Gasteiger partial charge in [-0.1, -0.05) is 11.6 Å². The number of aromatic nitrogens is 2. The van der Waals surface area contributed by atoms with Crippen molar-refractivity contribution in [1.29, 1.82) is 0 Å². The summed E-state index contributed by atoms with van der Waals surface area (Å²) in [5.41, 5.74) is 2.77. The van der Waals surface area contributed by atoms with Gasteiger partial charge in [-0.25, -0.2) is 14.2 Å². The summed E-state index contributed by atoms with van der Waals surface area (Å²) in [7, 11) is 0. The summed E-state index contributed by atoms with van der Waals surface area (Å²) in [4.78, 5) is 21.5. The first-order valence-electron chi connectivity index (χ1n) is 9.86. The molecule has 4 heterocycles. The number of anilines is 1. The third-order valence-electron chi connectivity index (χ3n) is 5.55. The SMILES string of the molecule is O=c1oc2cc(N3CCN(CCF)CC3)ccc2cc1-c1cn2cc(Cl)ccc2n1. The fraction of sp³-hybridized carbons (Fsp3) is 0.273. The Morgan fingerprint density at radius 1 is 1.07 bits per heavy atom. The second-order valence-electron chi connectivity index (χ2n) is 7.43. The number of rotatable bonds is 4. The highest BCUT2D eigenvalue weighted by Crippen LogP contribution is 2.26. The highest BCUT2D eigenvalue weighted by Gasteiger charge is 2.18. The van der Waals surface area contributed by atoms with E-state index in [2.05, 4.69) is 14.8 Å². The minimum atomic E-state index is -0.429. The molecular weight excluding hydrogens is 407 g/mol. The van der Waals surface area contributed by atoms with Crippen LogP contribution in [-0.2, 0) is 0 Å². The van der Waals surface area contributed by atoms with E-state index in [4.69, 9.17) is 16.0 Å². The van der Waals surface area contributed by atoms with Gasteiger partial charge < -0.3 is 13.7 Å². The molecule has 0 aliphatic carbocycles. The summed E-state index contributed by atoms with van der Waals surface area (Å²) < 4.78 is 20.0. The van der Waals surface area contributed by atoms with Crippen LogP contribution in [0.1, 0.15) is 0 Å². The average molecular weight is 427 g/mol. The Labute approximate surface area is 177 Å². The molecule has 6 nitrogen and oxygen atoms in total. The summed E-state index contributed by atoms with van der Waals surface area (Å²) in [6, 6.07) is 11.3. The summed E-state index contributed by atoms with van der Waals surface area (Å²) in [6.07, 6.45) is 3.51. The van der Waals surface area contributed by atoms with Crippen molar-refractivity contribution in [3.05, 3.63) is 64.2 Å². The van der Waals surface area contributed by atoms with Gasteiger partial charge in [-0.3, -0.25) is 4.90 Å². The maximum Gasteiger partial charge on any atom is 0.345 e. The summed E-state index contributed by atoms with van der Waals surface area (Å²) in [5.74, 6) is 0. The zero-order chi connectivity index (χ0) is 20.7. The predicted octanol–water partition coefficient (Wildman–Crippen LogP) is 3.85. The number of benzene rings is 1. The first kappa shape index (κ1) is 19.1. The van der Waals surface area contributed by atoms with E-state index in [0.717, 1.165) is 37.3 Å². The third-order valence-corrected chi connectivity index (χ3v) is 5.77. The number of imidazole rings is 1. The second-order valence-corrected chi connectivity index (χ2v) is 7.86. The first-order chi connectivity index (χ1) is 14.6. The predicted molar refractivity (Wildman–Crippen MR) is 116 cm³/mol. The van der Waals surface area contributed by atoms with Crippen LogP contribution in [0.25, 0.3) is 27.9 Å². The Hall–Kier alpha value is -2.90. The molecule has 0 atom stereocenters. The zero-order valence-corrected chi connectivity index (χ0v) is 17.0. The van der Waals surface area contributed by atoms with Gasteiger partial charge in [-0.2, -0.15) is 0 Å². The number of halogens is 2. The van der Waals surface area contributed by atoms with Crippen LogP contribution in [0.3, 0.4) is 0 Å². The van der Waals surface area contributed by atoms with Gasteiger partial charge >= 0.3 is 5.63 Å². The van der Waals surface area contributed by atoms with E-state index in [9.17, 15) is 9.18 Å². The molecule has 5 rings (SSSR count). The lowest BCUT2D eigenvalue weighted by Gasteiger charge is -2.35. The number of nitrogens with zero attached hydrogens (tertiary/aromatic N) is 4. The highest BCUT2D eigenvalue weighted by molar-refractivity contribution is 6.30. The van der Waals surface area contributed by atoms with Gasteiger partial charge in [-0.05, 0) is 30.3 Å². The Morgan fingerprint density at radius 3 is 2.70 bits per heavy atom. The van der Waals surface area contributed by atoms with Crippen LogP contribution in [-0.4, -0.2) is 53.7 Å². The van der Waals surface area contributed by atoms with Crippen molar-refractivity contribution in [1.82, 2.24) is 14.3 Å². The fourth-order valence-electron chi connectivity index (χ4n) is 3.92. The molecule has 0 spiro atoms. The van der Waals surface area contributed by atoms with Gasteiger partial charge in [0, 0.05) is 62.3 Å². The van der Waals surface area contributed by atoms with E-state index in [1.54, 1.807) is 28.9 Å². The van der Waals surface area contributed by atoms with Gasteiger partial charge in [0.2, 0.25) is 0 Å². The van der Waals surface area contributed by atoms with Crippen molar-refractivity contribution in [2.45, 2.75) is 0 Å². The third kappa shape index (κ3) is 3.55. The Balaban J connectivity index is 1.46. The van der Waals surface area contributed by atoms with E-state index in [-0.39, 0.29) is 6.67 Å². The molecular formula is C22H20ClFN4O2. The highest BCUT2D eigenvalue weighted by atomic mass is 35.5. The zero-order valence-electron chi connectivity index (χ0n) is 16.2. The molecule has 4 aromatic rings. The number of hydrogen-bond acceptors (Lipinski definition) is 5. The second kappa shape index (κ2) is 7.74. The number of piperazine rings is 1. The quantitative estimate of drug-likeness (QED) is 0.464. The van der Waals surface area contributed by atoms with Crippen LogP contribution >= 0.6 is 11.6 Å². The molecule has 1 saturated heterocycles. The molecule has 30 heavy (non-hydrogen) atoms. The molecule has 0 bridgehead atoms. The van der Waals surface area contributed by atoms with Crippen molar-refractivity contribution in [3.63, 3.8) is 0 Å². The summed E-state index contributed by atoms with van der Waals surface area (Å²) in [5, 5.41) is 1.43. The molecule has 0 radical (unpaired) electrons. The first-order valence-corrected chi connectivity index (χ1v) is 10.2. The van der Waals surface area contributed by atoms with Crippen LogP contribution in [0.5, 0.6) is 0 Å². The van der Waals surface area contributed by atoms with Crippen LogP contribution in [0, 0.1) is 0 Å². The van der Waals surface area contributed by atoms with E-state index >= 15 is 0 Å². The lowest BCUT2D eigenvalue weighted by molar-refractivity contribution is 0.235. The minimum Gasteiger partial charge on any atom is -0.422 e. The van der Waals surface area contributed by atoms with E-state index in [1.165, 1.54) is 0 Å². The summed E-state index contributed by atoms with van der Waals surface area (Å²) >= 11 is 6.03. The summed E-state index contributed by atoms with van der Waals surface area (Å²) in [6.45, 7) is 3.45. The molecule has 0 amide bonds. The maximum atomic E-state index is 12.7. The molecule has 1 aliphatic heterocycles. The fourth-order valence-corrected chi connectivity index (χ4v) is 4.09. The molecule has 1 aliphatic rings. The van der Waals surface area contributed by atoms with Crippen LogP contribution in [0.4, 0.5) is 10.1 Å². The van der Waals surface area contributed by atoms with Gasteiger partial charge in [0.1, 0.15) is 17.9 Å². The van der Waals surface area contributed by atoms with E-state index < -0.39 is 5.63 Å². The molecule has 3 aromatic heterocycles. The normalized spacial score (nSPS) is 15.3. The smallest absolute Gasteiger partial charge is 0.345 e. The molecule has 1 fully saturated rings. The molecule has 154 valence electrons. The average Bonchev–Trinajstić information content (AvgIpc) is 3.16. The van der Waals surface area contributed by atoms with Crippen LogP contribution in [0.2, 0.25) is 5.02 Å². The molecule has 0 saturated carbocycles. The largest absolute Gasteiger partial charge is 0.422 e. The number of alkyl halides is 1. The molecule has 1 aromatic carbocycles. The monoisotopic (exact) mass is 426 g/mol. The van der Waals surface area contributed by atoms with E-state index in [1.807, 2.05) is 24.3 Å². The molecule has 8 heteroatoms. The molecule has 0 unspecified atom stereocenters. The lowest BCUT2D eigenvalue weighted by Crippen LogP contribution is -2.47. The topological polar surface area (TPSA) is 54.0 Å². The van der Waals surface area contributed by atoms with Gasteiger partial charge in [0.05, 0.1) is 16.3 Å².